The van der Waals surface area contributed by atoms with Crippen molar-refractivity contribution < 1.29 is 0 Å². The highest BCUT2D eigenvalue weighted by Gasteiger charge is 2.24. The number of thiophene rings is 1. The third-order valence-electron chi connectivity index (χ3n) is 4.09. The molecule has 0 aliphatic heterocycles. The predicted octanol–water partition coefficient (Wildman–Crippen LogP) is 3.40. The second kappa shape index (κ2) is 5.31. The fourth-order valence-corrected chi connectivity index (χ4v) is 5.38. The average Bonchev–Trinajstić information content (AvgIpc) is 3.01. The Balaban J connectivity index is 1.88. The van der Waals surface area contributed by atoms with E-state index in [1.54, 1.807) is 18.1 Å². The Morgan fingerprint density at radius 2 is 2.23 bits per heavy atom. The molecule has 1 atom stereocenters. The maximum Gasteiger partial charge on any atom is 0.197 e. The fourth-order valence-electron chi connectivity index (χ4n) is 2.94. The minimum absolute atomic E-state index is 0.768. The molecule has 0 spiro atoms. The van der Waals surface area contributed by atoms with Crippen molar-refractivity contribution in [3.8, 4) is 0 Å². The van der Waals surface area contributed by atoms with Crippen LogP contribution < -0.4 is 0 Å². The Labute approximate surface area is 137 Å². The summed E-state index contributed by atoms with van der Waals surface area (Å²) in [5.74, 6) is 1.59. The highest BCUT2D eigenvalue weighted by Crippen LogP contribution is 2.41. The van der Waals surface area contributed by atoms with Crippen LogP contribution in [0.1, 0.15) is 29.6 Å². The molecule has 7 heteroatoms. The van der Waals surface area contributed by atoms with Gasteiger partial charge in [-0.3, -0.25) is 0 Å². The molecular formula is C15H17N5S2. The van der Waals surface area contributed by atoms with E-state index < -0.39 is 0 Å². The molecule has 5 nitrogen and oxygen atoms in total. The van der Waals surface area contributed by atoms with Gasteiger partial charge in [-0.05, 0) is 49.4 Å². The number of nitrogens with zero attached hydrogens (tertiary/aromatic N) is 5. The lowest BCUT2D eigenvalue weighted by Gasteiger charge is -2.18. The molecule has 3 aromatic rings. The van der Waals surface area contributed by atoms with Crippen LogP contribution in [0.2, 0.25) is 0 Å². The first-order chi connectivity index (χ1) is 10.6. The number of hydrogen-bond donors (Lipinski definition) is 0. The smallest absolute Gasteiger partial charge is 0.197 e. The van der Waals surface area contributed by atoms with Gasteiger partial charge in [0.2, 0.25) is 0 Å². The van der Waals surface area contributed by atoms with E-state index >= 15 is 0 Å². The molecule has 3 heterocycles. The topological polar surface area (TPSA) is 56.5 Å². The average molecular weight is 331 g/mol. The van der Waals surface area contributed by atoms with Crippen molar-refractivity contribution in [2.24, 2.45) is 13.0 Å². The van der Waals surface area contributed by atoms with Gasteiger partial charge < -0.3 is 4.57 Å². The van der Waals surface area contributed by atoms with E-state index in [-0.39, 0.29) is 0 Å². The van der Waals surface area contributed by atoms with Gasteiger partial charge in [0, 0.05) is 17.3 Å². The van der Waals surface area contributed by atoms with Gasteiger partial charge in [0.15, 0.2) is 5.16 Å². The fraction of sp³-hybridized carbons (Fsp3) is 0.467. The predicted molar refractivity (Wildman–Crippen MR) is 88.5 cm³/mol. The van der Waals surface area contributed by atoms with Crippen molar-refractivity contribution in [2.75, 3.05) is 0 Å². The van der Waals surface area contributed by atoms with Crippen molar-refractivity contribution >= 4 is 33.3 Å². The van der Waals surface area contributed by atoms with Crippen LogP contribution in [0.3, 0.4) is 0 Å². The van der Waals surface area contributed by atoms with E-state index in [2.05, 4.69) is 22.1 Å². The Hall–Kier alpha value is -1.47. The molecule has 0 bridgehead atoms. The summed E-state index contributed by atoms with van der Waals surface area (Å²) in [5, 5.41) is 11.3. The van der Waals surface area contributed by atoms with Crippen LogP contribution in [-0.2, 0) is 19.9 Å². The zero-order valence-corrected chi connectivity index (χ0v) is 14.5. The van der Waals surface area contributed by atoms with E-state index in [0.717, 1.165) is 33.2 Å². The molecule has 0 amide bonds. The Morgan fingerprint density at radius 1 is 1.36 bits per heavy atom. The zero-order valence-electron chi connectivity index (χ0n) is 12.8. The number of hydrogen-bond acceptors (Lipinski definition) is 6. The van der Waals surface area contributed by atoms with E-state index in [1.807, 2.05) is 29.9 Å². The molecule has 114 valence electrons. The molecule has 1 aliphatic carbocycles. The van der Waals surface area contributed by atoms with E-state index in [9.17, 15) is 0 Å². The minimum Gasteiger partial charge on any atom is -0.311 e. The molecule has 3 aromatic heterocycles. The molecule has 0 saturated heterocycles. The van der Waals surface area contributed by atoms with Crippen LogP contribution in [0.4, 0.5) is 0 Å². The van der Waals surface area contributed by atoms with E-state index in [1.165, 1.54) is 28.7 Å². The molecule has 0 radical (unpaired) electrons. The second-order valence-corrected chi connectivity index (χ2v) is 7.97. The first-order valence-electron chi connectivity index (χ1n) is 7.42. The van der Waals surface area contributed by atoms with Crippen LogP contribution in [0, 0.1) is 12.8 Å². The van der Waals surface area contributed by atoms with Crippen LogP contribution in [0.15, 0.2) is 16.5 Å². The lowest BCUT2D eigenvalue weighted by molar-refractivity contribution is 0.509. The molecule has 0 unspecified atom stereocenters. The lowest BCUT2D eigenvalue weighted by Crippen LogP contribution is -2.08. The van der Waals surface area contributed by atoms with Crippen molar-refractivity contribution in [2.45, 2.75) is 43.3 Å². The quantitative estimate of drug-likeness (QED) is 0.674. The van der Waals surface area contributed by atoms with Crippen LogP contribution in [0.25, 0.3) is 10.2 Å². The van der Waals surface area contributed by atoms with Crippen molar-refractivity contribution in [3.63, 3.8) is 0 Å². The van der Waals surface area contributed by atoms with Gasteiger partial charge in [0.05, 0.1) is 0 Å². The Morgan fingerprint density at radius 3 is 3.00 bits per heavy atom. The zero-order chi connectivity index (χ0) is 15.3. The largest absolute Gasteiger partial charge is 0.311 e. The summed E-state index contributed by atoms with van der Waals surface area (Å²) in [6, 6.07) is 0. The molecule has 4 rings (SSSR count). The van der Waals surface area contributed by atoms with Crippen LogP contribution >= 0.6 is 23.1 Å². The maximum atomic E-state index is 4.69. The van der Waals surface area contributed by atoms with Gasteiger partial charge in [0.25, 0.3) is 0 Å². The Kier molecular flexibility index (Phi) is 3.41. The highest BCUT2D eigenvalue weighted by molar-refractivity contribution is 7.99. The van der Waals surface area contributed by atoms with E-state index in [4.69, 9.17) is 4.98 Å². The second-order valence-electron chi connectivity index (χ2n) is 5.93. The van der Waals surface area contributed by atoms with Gasteiger partial charge in [-0.15, -0.1) is 21.5 Å². The number of fused-ring (bicyclic) bond motifs is 3. The first kappa shape index (κ1) is 14.1. The summed E-state index contributed by atoms with van der Waals surface area (Å²) in [4.78, 5) is 12.0. The standard InChI is InChI=1S/C15H17N5S2/c1-8-4-5-10-11(6-8)21-13-12(10)14(18-9(2)17-13)22-15-19-16-7-20(15)3/h7-8H,4-6H2,1-3H3/t8-/m0/s1. The summed E-state index contributed by atoms with van der Waals surface area (Å²) in [7, 11) is 1.96. The number of aromatic nitrogens is 5. The van der Waals surface area contributed by atoms with E-state index in [0.29, 0.717) is 0 Å². The van der Waals surface area contributed by atoms with Crippen LogP contribution in [-0.4, -0.2) is 24.7 Å². The molecule has 1 aliphatic rings. The third-order valence-corrected chi connectivity index (χ3v) is 6.28. The number of rotatable bonds is 2. The molecule has 0 fully saturated rings. The number of aryl methyl sites for hydroxylation is 3. The van der Waals surface area contributed by atoms with Crippen molar-refractivity contribution in [1.82, 2.24) is 24.7 Å². The monoisotopic (exact) mass is 331 g/mol. The minimum atomic E-state index is 0.768. The van der Waals surface area contributed by atoms with Gasteiger partial charge in [-0.25, -0.2) is 9.97 Å². The third kappa shape index (κ3) is 2.32. The van der Waals surface area contributed by atoms with Gasteiger partial charge in [0.1, 0.15) is 22.0 Å². The van der Waals surface area contributed by atoms with Gasteiger partial charge in [-0.1, -0.05) is 6.92 Å². The molecule has 0 aromatic carbocycles. The van der Waals surface area contributed by atoms with Crippen LogP contribution in [0.5, 0.6) is 0 Å². The first-order valence-corrected chi connectivity index (χ1v) is 9.06. The van der Waals surface area contributed by atoms with Crippen molar-refractivity contribution in [3.05, 3.63) is 22.6 Å². The van der Waals surface area contributed by atoms with Crippen molar-refractivity contribution in [1.29, 1.82) is 0 Å². The molecule has 0 N–H and O–H groups in total. The Bertz CT molecular complexity index is 851. The summed E-state index contributed by atoms with van der Waals surface area (Å²) in [5.41, 5.74) is 1.46. The summed E-state index contributed by atoms with van der Waals surface area (Å²) in [6.45, 7) is 4.29. The lowest BCUT2D eigenvalue weighted by atomic mass is 9.89. The summed E-state index contributed by atoms with van der Waals surface area (Å²) >= 11 is 3.43. The maximum absolute atomic E-state index is 4.69. The SMILES string of the molecule is Cc1nc(Sc2nncn2C)c2c3c(sc2n1)C[C@@H](C)CC3. The summed E-state index contributed by atoms with van der Waals surface area (Å²) < 4.78 is 1.93. The molecule has 0 saturated carbocycles. The molecular weight excluding hydrogens is 314 g/mol. The van der Waals surface area contributed by atoms with Gasteiger partial charge >= 0.3 is 0 Å². The molecule has 22 heavy (non-hydrogen) atoms. The van der Waals surface area contributed by atoms with Gasteiger partial charge in [-0.2, -0.15) is 0 Å². The summed E-state index contributed by atoms with van der Waals surface area (Å²) in [6.07, 6.45) is 5.28. The normalized spacial score (nSPS) is 17.9. The highest BCUT2D eigenvalue weighted by atomic mass is 32.2.